The Bertz CT molecular complexity index is 1100. The van der Waals surface area contributed by atoms with Crippen molar-refractivity contribution >= 4 is 28.6 Å². The van der Waals surface area contributed by atoms with E-state index in [4.69, 9.17) is 4.52 Å². The molecule has 0 bridgehead atoms. The zero-order valence-electron chi connectivity index (χ0n) is 15.7. The summed E-state index contributed by atoms with van der Waals surface area (Å²) >= 11 is 3.37. The van der Waals surface area contributed by atoms with Crippen LogP contribution in [-0.2, 0) is 17.6 Å². The molecule has 4 heterocycles. The third-order valence-electron chi connectivity index (χ3n) is 5.20. The van der Waals surface area contributed by atoms with Crippen LogP contribution in [0.25, 0.3) is 11.4 Å². The van der Waals surface area contributed by atoms with Crippen LogP contribution in [0.1, 0.15) is 34.4 Å². The highest BCUT2D eigenvalue weighted by molar-refractivity contribution is 7.10. The lowest BCUT2D eigenvalue weighted by Gasteiger charge is -2.36. The highest BCUT2D eigenvalue weighted by atomic mass is 32.1. The summed E-state index contributed by atoms with van der Waals surface area (Å²) < 4.78 is 5.36. The van der Waals surface area contributed by atoms with E-state index in [2.05, 4.69) is 33.7 Å². The highest BCUT2D eigenvalue weighted by Crippen LogP contribution is 2.38. The van der Waals surface area contributed by atoms with Crippen LogP contribution in [0.3, 0.4) is 0 Å². The first-order valence-electron chi connectivity index (χ1n) is 9.55. The van der Waals surface area contributed by atoms with E-state index in [1.165, 1.54) is 10.4 Å². The third-order valence-corrected chi connectivity index (χ3v) is 6.88. The van der Waals surface area contributed by atoms with Crippen LogP contribution in [0.4, 0.5) is 0 Å². The Morgan fingerprint density at radius 1 is 1.17 bits per heavy atom. The normalized spacial score (nSPS) is 16.0. The molecular weight excluding hydrogens is 402 g/mol. The van der Waals surface area contributed by atoms with Crippen molar-refractivity contribution in [2.45, 2.75) is 25.3 Å². The van der Waals surface area contributed by atoms with Gasteiger partial charge in [-0.2, -0.15) is 16.3 Å². The van der Waals surface area contributed by atoms with Crippen LogP contribution in [0.2, 0.25) is 0 Å². The molecule has 1 unspecified atom stereocenters. The first kappa shape index (κ1) is 18.3. The van der Waals surface area contributed by atoms with Crippen LogP contribution in [0, 0.1) is 0 Å². The largest absolute Gasteiger partial charge is 0.339 e. The highest BCUT2D eigenvalue weighted by Gasteiger charge is 2.32. The molecule has 0 spiro atoms. The van der Waals surface area contributed by atoms with E-state index in [9.17, 15) is 4.79 Å². The van der Waals surface area contributed by atoms with Crippen molar-refractivity contribution < 1.29 is 9.32 Å². The summed E-state index contributed by atoms with van der Waals surface area (Å²) in [6.07, 6.45) is 1.71. The number of thiophene rings is 2. The summed E-state index contributed by atoms with van der Waals surface area (Å²) in [6.45, 7) is 0.732. The SMILES string of the molecule is O=C(CCc1nc(-c2ccsc2)no1)N1CCc2sccc2C1c1ccccc1. The number of carbonyl (C=O) groups is 1. The molecule has 1 aromatic carbocycles. The lowest BCUT2D eigenvalue weighted by molar-refractivity contribution is -0.133. The number of carbonyl (C=O) groups excluding carboxylic acids is 1. The molecular formula is C22H19N3O2S2. The van der Waals surface area contributed by atoms with Crippen LogP contribution in [0.5, 0.6) is 0 Å². The molecule has 1 aliphatic heterocycles. The van der Waals surface area contributed by atoms with Crippen LogP contribution in [-0.4, -0.2) is 27.5 Å². The number of benzene rings is 1. The summed E-state index contributed by atoms with van der Waals surface area (Å²) in [6, 6.07) is 14.4. The first-order valence-corrected chi connectivity index (χ1v) is 11.4. The maximum absolute atomic E-state index is 13.2. The number of aryl methyl sites for hydroxylation is 1. The van der Waals surface area contributed by atoms with E-state index in [1.54, 1.807) is 22.7 Å². The van der Waals surface area contributed by atoms with Crippen LogP contribution in [0.15, 0.2) is 63.1 Å². The fourth-order valence-electron chi connectivity index (χ4n) is 3.80. The number of hydrogen-bond acceptors (Lipinski definition) is 6. The molecule has 5 rings (SSSR count). The maximum atomic E-state index is 13.2. The van der Waals surface area contributed by atoms with E-state index < -0.39 is 0 Å². The summed E-state index contributed by atoms with van der Waals surface area (Å²) in [7, 11) is 0. The quantitative estimate of drug-likeness (QED) is 0.457. The van der Waals surface area contributed by atoms with Gasteiger partial charge in [-0.05, 0) is 40.4 Å². The Kier molecular flexibility index (Phi) is 4.99. The standard InChI is InChI=1S/C22H19N3O2S2/c26-20(7-6-19-23-22(24-27-19)16-9-12-28-14-16)25-11-8-18-17(10-13-29-18)21(25)15-4-2-1-3-5-15/h1-5,9-10,12-14,21H,6-8,11H2. The lowest BCUT2D eigenvalue weighted by atomic mass is 9.93. The van der Waals surface area contributed by atoms with E-state index in [0.29, 0.717) is 24.6 Å². The average Bonchev–Trinajstić information content (AvgIpc) is 3.52. The molecule has 29 heavy (non-hydrogen) atoms. The van der Waals surface area contributed by atoms with Crippen molar-refractivity contribution in [1.29, 1.82) is 0 Å². The Morgan fingerprint density at radius 3 is 2.90 bits per heavy atom. The van der Waals surface area contributed by atoms with E-state index >= 15 is 0 Å². The predicted octanol–water partition coefficient (Wildman–Crippen LogP) is 4.97. The zero-order valence-corrected chi connectivity index (χ0v) is 17.3. The van der Waals surface area contributed by atoms with Crippen molar-refractivity contribution in [2.24, 2.45) is 0 Å². The smallest absolute Gasteiger partial charge is 0.227 e. The average molecular weight is 422 g/mol. The summed E-state index contributed by atoms with van der Waals surface area (Å²) in [5.74, 6) is 1.20. The first-order chi connectivity index (χ1) is 14.3. The summed E-state index contributed by atoms with van der Waals surface area (Å²) in [4.78, 5) is 21.0. The van der Waals surface area contributed by atoms with Gasteiger partial charge in [0.1, 0.15) is 0 Å². The Hall–Kier alpha value is -2.77. The van der Waals surface area contributed by atoms with Gasteiger partial charge in [0, 0.05) is 35.2 Å². The maximum Gasteiger partial charge on any atom is 0.227 e. The second-order valence-electron chi connectivity index (χ2n) is 6.97. The summed E-state index contributed by atoms with van der Waals surface area (Å²) in [5, 5.41) is 10.1. The van der Waals surface area contributed by atoms with Crippen molar-refractivity contribution in [2.75, 3.05) is 6.54 Å². The van der Waals surface area contributed by atoms with Gasteiger partial charge in [-0.3, -0.25) is 4.79 Å². The molecule has 0 saturated heterocycles. The van der Waals surface area contributed by atoms with Crippen LogP contribution >= 0.6 is 22.7 Å². The second kappa shape index (κ2) is 7.93. The number of hydrogen-bond donors (Lipinski definition) is 0. The third kappa shape index (κ3) is 3.63. The molecule has 1 amide bonds. The summed E-state index contributed by atoms with van der Waals surface area (Å²) in [5.41, 5.74) is 3.34. The van der Waals surface area contributed by atoms with Gasteiger partial charge in [0.05, 0.1) is 6.04 Å². The number of aromatic nitrogens is 2. The molecule has 146 valence electrons. The topological polar surface area (TPSA) is 59.2 Å². The fourth-order valence-corrected chi connectivity index (χ4v) is 5.34. The minimum Gasteiger partial charge on any atom is -0.339 e. The van der Waals surface area contributed by atoms with Gasteiger partial charge in [0.2, 0.25) is 17.6 Å². The van der Waals surface area contributed by atoms with Crippen molar-refractivity contribution in [3.05, 3.63) is 80.5 Å². The van der Waals surface area contributed by atoms with Crippen molar-refractivity contribution in [3.63, 3.8) is 0 Å². The number of fused-ring (bicyclic) bond motifs is 1. The monoisotopic (exact) mass is 421 g/mol. The molecule has 1 atom stereocenters. The minimum absolute atomic E-state index is 0.0252. The molecule has 0 aliphatic carbocycles. The molecule has 0 radical (unpaired) electrons. The minimum atomic E-state index is -0.0252. The van der Waals surface area contributed by atoms with Gasteiger partial charge in [-0.15, -0.1) is 11.3 Å². The molecule has 4 aromatic rings. The lowest BCUT2D eigenvalue weighted by Crippen LogP contribution is -2.40. The van der Waals surface area contributed by atoms with Crippen molar-refractivity contribution in [3.8, 4) is 11.4 Å². The van der Waals surface area contributed by atoms with E-state index in [-0.39, 0.29) is 11.9 Å². The molecule has 1 aliphatic rings. The molecule has 5 nitrogen and oxygen atoms in total. The van der Waals surface area contributed by atoms with Gasteiger partial charge in [0.25, 0.3) is 0 Å². The molecule has 0 fully saturated rings. The number of amides is 1. The molecule has 0 N–H and O–H groups in total. The number of nitrogens with zero attached hydrogens (tertiary/aromatic N) is 3. The van der Waals surface area contributed by atoms with Gasteiger partial charge < -0.3 is 9.42 Å². The predicted molar refractivity (Wildman–Crippen MR) is 114 cm³/mol. The molecule has 7 heteroatoms. The zero-order chi connectivity index (χ0) is 19.6. The van der Waals surface area contributed by atoms with Gasteiger partial charge >= 0.3 is 0 Å². The Balaban J connectivity index is 1.33. The van der Waals surface area contributed by atoms with Gasteiger partial charge in [-0.25, -0.2) is 0 Å². The molecule has 0 saturated carbocycles. The second-order valence-corrected chi connectivity index (χ2v) is 8.75. The van der Waals surface area contributed by atoms with Gasteiger partial charge in [-0.1, -0.05) is 35.5 Å². The Labute approximate surface area is 176 Å². The van der Waals surface area contributed by atoms with E-state index in [1.807, 2.05) is 39.9 Å². The van der Waals surface area contributed by atoms with Crippen LogP contribution < -0.4 is 0 Å². The molecule has 3 aromatic heterocycles. The number of rotatable bonds is 5. The Morgan fingerprint density at radius 2 is 2.07 bits per heavy atom. The van der Waals surface area contributed by atoms with E-state index in [0.717, 1.165) is 24.1 Å². The van der Waals surface area contributed by atoms with Crippen molar-refractivity contribution in [1.82, 2.24) is 15.0 Å². The fraction of sp³-hybridized carbons (Fsp3) is 0.227. The van der Waals surface area contributed by atoms with Gasteiger partial charge in [0.15, 0.2) is 0 Å².